The molecule has 0 unspecified atom stereocenters. The van der Waals surface area contributed by atoms with Crippen molar-refractivity contribution in [1.82, 2.24) is 5.32 Å². The van der Waals surface area contributed by atoms with E-state index in [1.54, 1.807) is 13.2 Å². The number of nitrogens with one attached hydrogen (secondary N) is 2. The third-order valence-electron chi connectivity index (χ3n) is 5.39. The lowest BCUT2D eigenvalue weighted by molar-refractivity contribution is -0.384. The summed E-state index contributed by atoms with van der Waals surface area (Å²) in [5.41, 5.74) is 2.58. The van der Waals surface area contributed by atoms with E-state index in [0.717, 1.165) is 27.1 Å². The van der Waals surface area contributed by atoms with E-state index in [4.69, 9.17) is 30.5 Å². The highest BCUT2D eigenvalue weighted by molar-refractivity contribution is 9.10. The molecule has 0 aliphatic carbocycles. The van der Waals surface area contributed by atoms with E-state index in [2.05, 4.69) is 26.6 Å². The number of ether oxygens (including phenoxy) is 4. The quantitative estimate of drug-likeness (QED) is 0.173. The molecule has 3 aromatic rings. The second kappa shape index (κ2) is 12.2. The first kappa shape index (κ1) is 25.9. The highest BCUT2D eigenvalue weighted by Gasteiger charge is 2.15. The van der Waals surface area contributed by atoms with Gasteiger partial charge in [0.15, 0.2) is 23.0 Å². The van der Waals surface area contributed by atoms with Crippen LogP contribution in [-0.2, 0) is 13.2 Å². The van der Waals surface area contributed by atoms with Crippen LogP contribution in [0.5, 0.6) is 23.0 Å². The Labute approximate surface area is 221 Å². The minimum Gasteiger partial charge on any atom is -0.493 e. The summed E-state index contributed by atoms with van der Waals surface area (Å²) in [6, 6.07) is 14.0. The van der Waals surface area contributed by atoms with Gasteiger partial charge in [-0.15, -0.1) is 0 Å². The molecule has 0 saturated heterocycles. The summed E-state index contributed by atoms with van der Waals surface area (Å²) in [5.74, 6) is 2.70. The Hall–Kier alpha value is -3.21. The molecule has 36 heavy (non-hydrogen) atoms. The molecule has 0 atom stereocenters. The summed E-state index contributed by atoms with van der Waals surface area (Å²) >= 11 is 9.71. The van der Waals surface area contributed by atoms with Gasteiger partial charge >= 0.3 is 0 Å². The van der Waals surface area contributed by atoms with Crippen LogP contribution in [0.2, 0.25) is 5.02 Å². The van der Waals surface area contributed by atoms with Gasteiger partial charge in [0.1, 0.15) is 19.8 Å². The molecular formula is C25H25BrClN3O6. The Morgan fingerprint density at radius 3 is 2.61 bits per heavy atom. The molecule has 2 N–H and O–H groups in total. The minimum atomic E-state index is -0.474. The van der Waals surface area contributed by atoms with Crippen LogP contribution >= 0.6 is 27.5 Å². The lowest BCUT2D eigenvalue weighted by Crippen LogP contribution is -2.22. The summed E-state index contributed by atoms with van der Waals surface area (Å²) in [6.07, 6.45) is 0. The van der Waals surface area contributed by atoms with E-state index in [1.807, 2.05) is 30.3 Å². The number of fused-ring (bicyclic) bond motifs is 1. The van der Waals surface area contributed by atoms with Crippen LogP contribution in [0.15, 0.2) is 53.0 Å². The summed E-state index contributed by atoms with van der Waals surface area (Å²) in [6.45, 7) is 3.28. The van der Waals surface area contributed by atoms with Gasteiger partial charge in [-0.2, -0.15) is 0 Å². The van der Waals surface area contributed by atoms with Crippen molar-refractivity contribution in [2.75, 3.05) is 38.7 Å². The van der Waals surface area contributed by atoms with Crippen molar-refractivity contribution in [3.8, 4) is 23.0 Å². The maximum atomic E-state index is 10.8. The first-order valence-electron chi connectivity index (χ1n) is 11.2. The number of nitro benzene ring substituents is 1. The number of methoxy groups -OCH3 is 1. The number of anilines is 1. The number of hydrogen-bond acceptors (Lipinski definition) is 8. The summed E-state index contributed by atoms with van der Waals surface area (Å²) < 4.78 is 23.6. The number of hydrogen-bond donors (Lipinski definition) is 2. The predicted molar refractivity (Wildman–Crippen MR) is 141 cm³/mol. The zero-order valence-electron chi connectivity index (χ0n) is 19.5. The zero-order valence-corrected chi connectivity index (χ0v) is 21.9. The average molecular weight is 579 g/mol. The molecule has 11 heteroatoms. The van der Waals surface area contributed by atoms with Gasteiger partial charge in [-0.1, -0.05) is 17.7 Å². The van der Waals surface area contributed by atoms with Crippen LogP contribution < -0.4 is 29.6 Å². The van der Waals surface area contributed by atoms with Gasteiger partial charge < -0.3 is 29.6 Å². The Balaban J connectivity index is 1.29. The molecule has 9 nitrogen and oxygen atoms in total. The van der Waals surface area contributed by atoms with Crippen molar-refractivity contribution in [1.29, 1.82) is 0 Å². The molecule has 0 aromatic heterocycles. The van der Waals surface area contributed by atoms with Crippen molar-refractivity contribution in [2.24, 2.45) is 0 Å². The van der Waals surface area contributed by atoms with E-state index < -0.39 is 4.92 Å². The van der Waals surface area contributed by atoms with Gasteiger partial charge in [0.05, 0.1) is 27.2 Å². The van der Waals surface area contributed by atoms with E-state index in [9.17, 15) is 10.1 Å². The molecule has 0 saturated carbocycles. The summed E-state index contributed by atoms with van der Waals surface area (Å²) in [4.78, 5) is 10.4. The number of nitro groups is 1. The van der Waals surface area contributed by atoms with Crippen LogP contribution in [0.3, 0.4) is 0 Å². The Morgan fingerprint density at radius 2 is 1.86 bits per heavy atom. The fourth-order valence-corrected chi connectivity index (χ4v) is 4.47. The predicted octanol–water partition coefficient (Wildman–Crippen LogP) is 5.57. The second-order valence-corrected chi connectivity index (χ2v) is 9.16. The third kappa shape index (κ3) is 6.51. The SMILES string of the molecule is COc1cc(CNCCNc2ccc([N+](=O)[O-])cc2Cl)cc(Br)c1OCc1ccc2c(c1)OCCO2. The van der Waals surface area contributed by atoms with Crippen LogP contribution in [0.25, 0.3) is 0 Å². The summed E-state index contributed by atoms with van der Waals surface area (Å²) in [7, 11) is 1.60. The Kier molecular flexibility index (Phi) is 8.74. The normalized spacial score (nSPS) is 12.2. The van der Waals surface area contributed by atoms with Gasteiger partial charge in [0, 0.05) is 31.8 Å². The van der Waals surface area contributed by atoms with Gasteiger partial charge in [-0.25, -0.2) is 0 Å². The monoisotopic (exact) mass is 577 g/mol. The molecule has 0 fully saturated rings. The Morgan fingerprint density at radius 1 is 1.06 bits per heavy atom. The highest BCUT2D eigenvalue weighted by atomic mass is 79.9. The molecular weight excluding hydrogens is 554 g/mol. The van der Waals surface area contributed by atoms with Crippen molar-refractivity contribution in [3.05, 3.63) is 79.3 Å². The average Bonchev–Trinajstić information content (AvgIpc) is 2.88. The first-order valence-corrected chi connectivity index (χ1v) is 12.4. The molecule has 0 amide bonds. The van der Waals surface area contributed by atoms with Crippen molar-refractivity contribution in [2.45, 2.75) is 13.2 Å². The summed E-state index contributed by atoms with van der Waals surface area (Å²) in [5, 5.41) is 17.7. The van der Waals surface area contributed by atoms with Gasteiger partial charge in [-0.05, 0) is 57.4 Å². The molecule has 3 aromatic carbocycles. The van der Waals surface area contributed by atoms with Crippen LogP contribution in [0.1, 0.15) is 11.1 Å². The van der Waals surface area contributed by atoms with Crippen molar-refractivity contribution < 1.29 is 23.9 Å². The van der Waals surface area contributed by atoms with E-state index in [0.29, 0.717) is 61.7 Å². The molecule has 4 rings (SSSR count). The van der Waals surface area contributed by atoms with Crippen LogP contribution in [0.4, 0.5) is 11.4 Å². The van der Waals surface area contributed by atoms with Gasteiger partial charge in [0.25, 0.3) is 5.69 Å². The highest BCUT2D eigenvalue weighted by Crippen LogP contribution is 2.38. The number of rotatable bonds is 11. The molecule has 0 bridgehead atoms. The largest absolute Gasteiger partial charge is 0.493 e. The van der Waals surface area contributed by atoms with Crippen molar-refractivity contribution in [3.63, 3.8) is 0 Å². The molecule has 0 spiro atoms. The number of halogens is 2. The minimum absolute atomic E-state index is 0.0399. The number of non-ortho nitro benzene ring substituents is 1. The third-order valence-corrected chi connectivity index (χ3v) is 6.29. The fraction of sp³-hybridized carbons (Fsp3) is 0.280. The second-order valence-electron chi connectivity index (χ2n) is 7.90. The molecule has 1 heterocycles. The van der Waals surface area contributed by atoms with Gasteiger partial charge in [-0.3, -0.25) is 10.1 Å². The molecule has 0 radical (unpaired) electrons. The van der Waals surface area contributed by atoms with Crippen molar-refractivity contribution >= 4 is 38.9 Å². The first-order chi connectivity index (χ1) is 17.4. The van der Waals surface area contributed by atoms with E-state index >= 15 is 0 Å². The van der Waals surface area contributed by atoms with Gasteiger partial charge in [0.2, 0.25) is 0 Å². The van der Waals surface area contributed by atoms with E-state index in [1.165, 1.54) is 12.1 Å². The smallest absolute Gasteiger partial charge is 0.271 e. The van der Waals surface area contributed by atoms with Crippen LogP contribution in [0, 0.1) is 10.1 Å². The topological polar surface area (TPSA) is 104 Å². The number of benzene rings is 3. The molecule has 1 aliphatic heterocycles. The Bertz CT molecular complexity index is 1240. The standard InChI is InChI=1S/C25H25BrClN3O6/c1-33-24-12-17(14-28-6-7-29-21-4-3-18(30(31)32)13-20(21)27)10-19(26)25(24)36-15-16-2-5-22-23(11-16)35-9-8-34-22/h2-5,10-13,28-29H,6-9,14-15H2,1H3. The lowest BCUT2D eigenvalue weighted by Gasteiger charge is -2.19. The van der Waals surface area contributed by atoms with Crippen LogP contribution in [-0.4, -0.2) is 38.3 Å². The number of nitrogens with zero attached hydrogens (tertiary/aromatic N) is 1. The zero-order chi connectivity index (χ0) is 25.5. The maximum absolute atomic E-state index is 10.8. The van der Waals surface area contributed by atoms with E-state index in [-0.39, 0.29) is 5.69 Å². The molecule has 1 aliphatic rings. The molecule has 190 valence electrons. The maximum Gasteiger partial charge on any atom is 0.271 e. The lowest BCUT2D eigenvalue weighted by atomic mass is 10.2. The fourth-order valence-electron chi connectivity index (χ4n) is 3.63.